The second-order valence-electron chi connectivity index (χ2n) is 9.29. The van der Waals surface area contributed by atoms with Crippen molar-refractivity contribution in [1.82, 2.24) is 15.1 Å². The van der Waals surface area contributed by atoms with Crippen molar-refractivity contribution in [2.45, 2.75) is 31.3 Å². The molecule has 5 saturated heterocycles. The molecule has 5 heterocycles. The number of fused-ring (bicyclic) bond motifs is 3. The number of nitrogens with one attached hydrogen (secondary N) is 1. The van der Waals surface area contributed by atoms with E-state index in [1.807, 2.05) is 30.3 Å². The number of hydrogen-bond acceptors (Lipinski definition) is 4. The number of nitrogens with zero attached hydrogens (tertiary/aromatic N) is 2. The largest absolute Gasteiger partial charge is 0.335 e. The molecule has 6 aliphatic rings. The van der Waals surface area contributed by atoms with Gasteiger partial charge in [0.2, 0.25) is 17.7 Å². The molecule has 2 unspecified atom stereocenters. The average molecular weight is 460 g/mol. The second kappa shape index (κ2) is 6.64. The molecule has 6 fully saturated rings. The van der Waals surface area contributed by atoms with E-state index in [1.165, 1.54) is 4.90 Å². The first kappa shape index (κ1) is 19.2. The van der Waals surface area contributed by atoms with Crippen LogP contribution in [0.15, 0.2) is 30.3 Å². The van der Waals surface area contributed by atoms with Crippen molar-refractivity contribution in [1.29, 1.82) is 0 Å². The fraction of sp³-hybridized carbons (Fsp3) is 0.591. The van der Waals surface area contributed by atoms with Crippen molar-refractivity contribution < 1.29 is 14.4 Å². The van der Waals surface area contributed by atoms with Crippen molar-refractivity contribution in [3.05, 3.63) is 35.9 Å². The van der Waals surface area contributed by atoms with E-state index in [0.717, 1.165) is 44.5 Å². The molecule has 1 aromatic carbocycles. The highest BCUT2D eigenvalue weighted by Crippen LogP contribution is 2.60. The highest BCUT2D eigenvalue weighted by atomic mass is 79.9. The van der Waals surface area contributed by atoms with E-state index in [0.29, 0.717) is 12.5 Å². The topological polar surface area (TPSA) is 69.7 Å². The van der Waals surface area contributed by atoms with Crippen LogP contribution in [0.1, 0.15) is 24.8 Å². The van der Waals surface area contributed by atoms with E-state index in [-0.39, 0.29) is 52.5 Å². The lowest BCUT2D eigenvalue weighted by Crippen LogP contribution is -2.77. The number of carbonyl (C=O) groups excluding carboxylic acids is 3. The summed E-state index contributed by atoms with van der Waals surface area (Å²) in [6, 6.07) is 9.68. The van der Waals surface area contributed by atoms with E-state index in [2.05, 4.69) is 10.2 Å². The predicted molar refractivity (Wildman–Crippen MR) is 111 cm³/mol. The van der Waals surface area contributed by atoms with E-state index >= 15 is 0 Å². The zero-order valence-electron chi connectivity index (χ0n) is 16.3. The maximum absolute atomic E-state index is 13.6. The van der Waals surface area contributed by atoms with Crippen LogP contribution in [0.2, 0.25) is 0 Å². The molecule has 6 nitrogen and oxygen atoms in total. The standard InChI is InChI=1S/C22H25N3O3.BrH/c26-19-16-6-7-22(15-8-14(9-23-10-15)12-25(19)22)18-17(16)20(27)24(21(18)28)11-13-4-2-1-3-5-13;/h1-5,14-18,23H,6-12H2;1H/t14?,15?,16-,17+,18-,22-;/m0./s1. The highest BCUT2D eigenvalue weighted by molar-refractivity contribution is 8.93. The molecule has 7 rings (SSSR count). The number of halogens is 1. The number of imide groups is 1. The number of benzene rings is 1. The van der Waals surface area contributed by atoms with Crippen molar-refractivity contribution >= 4 is 34.7 Å². The van der Waals surface area contributed by atoms with Crippen molar-refractivity contribution in [2.24, 2.45) is 29.6 Å². The van der Waals surface area contributed by atoms with Crippen molar-refractivity contribution in [2.75, 3.05) is 19.6 Å². The quantitative estimate of drug-likeness (QED) is 0.681. The molecule has 1 N–H and O–H groups in total. The maximum Gasteiger partial charge on any atom is 0.235 e. The molecule has 6 atom stereocenters. The predicted octanol–water partition coefficient (Wildman–Crippen LogP) is 1.60. The van der Waals surface area contributed by atoms with Crippen LogP contribution in [0.25, 0.3) is 0 Å². The number of carbonyl (C=O) groups is 3. The summed E-state index contributed by atoms with van der Waals surface area (Å²) in [5, 5.41) is 3.52. The molecule has 29 heavy (non-hydrogen) atoms. The summed E-state index contributed by atoms with van der Waals surface area (Å²) in [6.45, 7) is 2.84. The Morgan fingerprint density at radius 2 is 1.83 bits per heavy atom. The molecule has 7 heteroatoms. The van der Waals surface area contributed by atoms with E-state index < -0.39 is 11.5 Å². The summed E-state index contributed by atoms with van der Waals surface area (Å²) in [6.07, 6.45) is 2.67. The molecule has 154 valence electrons. The molecule has 1 aliphatic carbocycles. The summed E-state index contributed by atoms with van der Waals surface area (Å²) in [5.41, 5.74) is 0.498. The number of piperidine rings is 4. The monoisotopic (exact) mass is 459 g/mol. The summed E-state index contributed by atoms with van der Waals surface area (Å²) < 4.78 is 0. The molecule has 0 radical (unpaired) electrons. The molecular weight excluding hydrogens is 434 g/mol. The first-order chi connectivity index (χ1) is 13.6. The van der Waals surface area contributed by atoms with Gasteiger partial charge in [-0.25, -0.2) is 0 Å². The van der Waals surface area contributed by atoms with E-state index in [1.54, 1.807) is 0 Å². The summed E-state index contributed by atoms with van der Waals surface area (Å²) in [5.74, 6) is -0.419. The van der Waals surface area contributed by atoms with Crippen LogP contribution in [0.4, 0.5) is 0 Å². The third kappa shape index (κ3) is 2.40. The molecule has 5 aliphatic heterocycles. The average Bonchev–Trinajstić information content (AvgIpc) is 2.97. The first-order valence-electron chi connectivity index (χ1n) is 10.5. The Kier molecular flexibility index (Phi) is 4.41. The van der Waals surface area contributed by atoms with Gasteiger partial charge in [0.05, 0.1) is 29.8 Å². The Morgan fingerprint density at radius 1 is 1.03 bits per heavy atom. The van der Waals surface area contributed by atoms with Crippen LogP contribution in [0.3, 0.4) is 0 Å². The van der Waals surface area contributed by atoms with Gasteiger partial charge in [0.15, 0.2) is 0 Å². The van der Waals surface area contributed by atoms with Crippen LogP contribution < -0.4 is 5.32 Å². The van der Waals surface area contributed by atoms with Gasteiger partial charge in [-0.15, -0.1) is 17.0 Å². The van der Waals surface area contributed by atoms with Gasteiger partial charge in [-0.1, -0.05) is 30.3 Å². The number of hydrogen-bond donors (Lipinski definition) is 1. The van der Waals surface area contributed by atoms with E-state index in [4.69, 9.17) is 0 Å². The van der Waals surface area contributed by atoms with Crippen molar-refractivity contribution in [3.63, 3.8) is 0 Å². The lowest BCUT2D eigenvalue weighted by atomic mass is 9.51. The fourth-order valence-corrected chi connectivity index (χ4v) is 7.06. The van der Waals surface area contributed by atoms with Gasteiger partial charge in [0, 0.05) is 13.1 Å². The molecule has 1 saturated carbocycles. The molecule has 4 bridgehead atoms. The van der Waals surface area contributed by atoms with Crippen LogP contribution in [-0.4, -0.2) is 52.7 Å². The maximum atomic E-state index is 13.6. The number of rotatable bonds is 2. The van der Waals surface area contributed by atoms with Gasteiger partial charge in [-0.05, 0) is 43.2 Å². The first-order valence-corrected chi connectivity index (χ1v) is 10.5. The molecule has 0 aromatic heterocycles. The zero-order valence-corrected chi connectivity index (χ0v) is 18.0. The van der Waals surface area contributed by atoms with Crippen LogP contribution in [0, 0.1) is 29.6 Å². The number of amides is 3. The molecule has 1 aromatic rings. The Bertz CT molecular complexity index is 877. The normalized spacial score (nSPS) is 39.9. The van der Waals surface area contributed by atoms with Gasteiger partial charge in [0.25, 0.3) is 0 Å². The van der Waals surface area contributed by atoms with Gasteiger partial charge >= 0.3 is 0 Å². The Balaban J connectivity index is 0.00000181. The SMILES string of the molecule is Br.O=C1[C@@H]2[C@@H]3CC[C@]4(C5CNCC(C5)CN4C3=O)[C@@H]2C(=O)N1Cc1ccccc1. The Hall–Kier alpha value is -1.73. The highest BCUT2D eigenvalue weighted by Gasteiger charge is 2.72. The van der Waals surface area contributed by atoms with Gasteiger partial charge in [0.1, 0.15) is 0 Å². The Morgan fingerprint density at radius 3 is 2.62 bits per heavy atom. The molecule has 3 amide bonds. The lowest BCUT2D eigenvalue weighted by molar-refractivity contribution is -0.195. The summed E-state index contributed by atoms with van der Waals surface area (Å²) in [7, 11) is 0. The van der Waals surface area contributed by atoms with Gasteiger partial charge in [-0.2, -0.15) is 0 Å². The van der Waals surface area contributed by atoms with Crippen LogP contribution >= 0.6 is 17.0 Å². The Labute approximate surface area is 180 Å². The number of likely N-dealkylation sites (tertiary alicyclic amines) is 1. The third-order valence-electron chi connectivity index (χ3n) is 8.13. The minimum Gasteiger partial charge on any atom is -0.335 e. The second-order valence-corrected chi connectivity index (χ2v) is 9.29. The summed E-state index contributed by atoms with van der Waals surface area (Å²) in [4.78, 5) is 43.8. The van der Waals surface area contributed by atoms with E-state index in [9.17, 15) is 14.4 Å². The zero-order chi connectivity index (χ0) is 19.0. The van der Waals surface area contributed by atoms with Gasteiger partial charge in [-0.3, -0.25) is 19.3 Å². The van der Waals surface area contributed by atoms with Gasteiger partial charge < -0.3 is 10.2 Å². The summed E-state index contributed by atoms with van der Waals surface area (Å²) >= 11 is 0. The van der Waals surface area contributed by atoms with Crippen LogP contribution in [-0.2, 0) is 20.9 Å². The molecule has 1 spiro atoms. The lowest BCUT2D eigenvalue weighted by Gasteiger charge is -2.65. The van der Waals surface area contributed by atoms with Crippen molar-refractivity contribution in [3.8, 4) is 0 Å². The molecular formula is C22H26BrN3O3. The third-order valence-corrected chi connectivity index (χ3v) is 8.13. The minimum atomic E-state index is -0.460. The van der Waals surface area contributed by atoms with Crippen LogP contribution in [0.5, 0.6) is 0 Å². The minimum absolute atomic E-state index is 0. The smallest absolute Gasteiger partial charge is 0.235 e. The fourth-order valence-electron chi connectivity index (χ4n) is 7.06.